The summed E-state index contributed by atoms with van der Waals surface area (Å²) in [6, 6.07) is 6.54. The predicted octanol–water partition coefficient (Wildman–Crippen LogP) is 3.20. The third-order valence-corrected chi connectivity index (χ3v) is 4.11. The Balaban J connectivity index is 2.35. The van der Waals surface area contributed by atoms with Crippen LogP contribution in [-0.2, 0) is 11.3 Å². The molecule has 0 heterocycles. The van der Waals surface area contributed by atoms with Gasteiger partial charge >= 0.3 is 0 Å². The van der Waals surface area contributed by atoms with Gasteiger partial charge in [0.25, 0.3) is 0 Å². The number of nitrogens with zero attached hydrogens (tertiary/aromatic N) is 1. The molecule has 0 spiro atoms. The van der Waals surface area contributed by atoms with Gasteiger partial charge in [0.1, 0.15) is 0 Å². The molecule has 0 aliphatic heterocycles. The Morgan fingerprint density at radius 3 is 2.77 bits per heavy atom. The molecule has 0 aliphatic rings. The van der Waals surface area contributed by atoms with Crippen LogP contribution < -0.4 is 10.6 Å². The molecule has 0 aromatic heterocycles. The van der Waals surface area contributed by atoms with E-state index in [2.05, 4.69) is 53.9 Å². The second-order valence-electron chi connectivity index (χ2n) is 5.13. The van der Waals surface area contributed by atoms with E-state index in [1.807, 2.05) is 0 Å². The lowest BCUT2D eigenvalue weighted by Gasteiger charge is -2.14. The first-order valence-corrected chi connectivity index (χ1v) is 9.09. The zero-order valence-electron chi connectivity index (χ0n) is 14.2. The van der Waals surface area contributed by atoms with E-state index < -0.39 is 0 Å². The van der Waals surface area contributed by atoms with Crippen molar-refractivity contribution in [2.75, 3.05) is 33.1 Å². The molecule has 1 aromatic rings. The highest BCUT2D eigenvalue weighted by Crippen LogP contribution is 2.21. The van der Waals surface area contributed by atoms with Gasteiger partial charge in [0, 0.05) is 31.6 Å². The van der Waals surface area contributed by atoms with Gasteiger partial charge in [0.05, 0.1) is 6.61 Å². The van der Waals surface area contributed by atoms with Crippen molar-refractivity contribution < 1.29 is 4.74 Å². The summed E-state index contributed by atoms with van der Waals surface area (Å²) in [4.78, 5) is 5.55. The standard InChI is InChI=1S/C17H29N3OS/c1-5-6-10-21-11-9-19-17(18-3)20-13-15-8-7-14(2)12-16(15)22-4/h7-8,12H,5-6,9-11,13H2,1-4H3,(H2,18,19,20). The molecule has 0 aliphatic carbocycles. The van der Waals surface area contributed by atoms with E-state index in [0.29, 0.717) is 6.61 Å². The van der Waals surface area contributed by atoms with E-state index in [4.69, 9.17) is 4.74 Å². The number of guanidine groups is 1. The smallest absolute Gasteiger partial charge is 0.191 e. The van der Waals surface area contributed by atoms with Crippen molar-refractivity contribution in [1.82, 2.24) is 10.6 Å². The summed E-state index contributed by atoms with van der Waals surface area (Å²) in [7, 11) is 1.79. The van der Waals surface area contributed by atoms with Crippen LogP contribution in [0.3, 0.4) is 0 Å². The van der Waals surface area contributed by atoms with Crippen LogP contribution >= 0.6 is 11.8 Å². The van der Waals surface area contributed by atoms with Crippen LogP contribution in [0, 0.1) is 6.92 Å². The molecule has 0 saturated heterocycles. The summed E-state index contributed by atoms with van der Waals surface area (Å²) < 4.78 is 5.53. The molecule has 0 radical (unpaired) electrons. The first-order chi connectivity index (χ1) is 10.7. The van der Waals surface area contributed by atoms with E-state index >= 15 is 0 Å². The lowest BCUT2D eigenvalue weighted by molar-refractivity contribution is 0.136. The fourth-order valence-electron chi connectivity index (χ4n) is 1.99. The number of benzene rings is 1. The topological polar surface area (TPSA) is 45.6 Å². The molecule has 0 unspecified atom stereocenters. The van der Waals surface area contributed by atoms with Crippen molar-refractivity contribution in [3.05, 3.63) is 29.3 Å². The first-order valence-electron chi connectivity index (χ1n) is 7.87. The maximum atomic E-state index is 5.53. The molecule has 5 heteroatoms. The Hall–Kier alpha value is -1.20. The molecule has 1 aromatic carbocycles. The van der Waals surface area contributed by atoms with Crippen molar-refractivity contribution in [3.63, 3.8) is 0 Å². The molecule has 22 heavy (non-hydrogen) atoms. The third-order valence-electron chi connectivity index (χ3n) is 3.29. The number of aliphatic imine (C=N–C) groups is 1. The summed E-state index contributed by atoms with van der Waals surface area (Å²) in [6.45, 7) is 7.38. The monoisotopic (exact) mass is 323 g/mol. The van der Waals surface area contributed by atoms with E-state index in [1.165, 1.54) is 22.4 Å². The Morgan fingerprint density at radius 2 is 2.09 bits per heavy atom. The molecule has 2 N–H and O–H groups in total. The number of aryl methyl sites for hydroxylation is 1. The second-order valence-corrected chi connectivity index (χ2v) is 5.98. The number of rotatable bonds is 9. The fraction of sp³-hybridized carbons (Fsp3) is 0.588. The van der Waals surface area contributed by atoms with Crippen molar-refractivity contribution in [2.24, 2.45) is 4.99 Å². The van der Waals surface area contributed by atoms with Gasteiger partial charge < -0.3 is 15.4 Å². The van der Waals surface area contributed by atoms with Gasteiger partial charge in [-0.2, -0.15) is 0 Å². The minimum atomic E-state index is 0.710. The number of ether oxygens (including phenoxy) is 1. The maximum Gasteiger partial charge on any atom is 0.191 e. The minimum Gasteiger partial charge on any atom is -0.380 e. The van der Waals surface area contributed by atoms with Crippen molar-refractivity contribution in [1.29, 1.82) is 0 Å². The summed E-state index contributed by atoms with van der Waals surface area (Å²) >= 11 is 1.78. The molecule has 0 amide bonds. The Kier molecular flexibility index (Phi) is 9.75. The van der Waals surface area contributed by atoms with Crippen LogP contribution in [0.4, 0.5) is 0 Å². The Morgan fingerprint density at radius 1 is 1.27 bits per heavy atom. The summed E-state index contributed by atoms with van der Waals surface area (Å²) in [6.07, 6.45) is 4.40. The average molecular weight is 324 g/mol. The van der Waals surface area contributed by atoms with Crippen LogP contribution in [-0.4, -0.2) is 39.0 Å². The van der Waals surface area contributed by atoms with Gasteiger partial charge in [-0.1, -0.05) is 25.5 Å². The van der Waals surface area contributed by atoms with Gasteiger partial charge in [-0.25, -0.2) is 0 Å². The summed E-state index contributed by atoms with van der Waals surface area (Å²) in [5.41, 5.74) is 2.58. The molecule has 0 fully saturated rings. The summed E-state index contributed by atoms with van der Waals surface area (Å²) in [5.74, 6) is 0.812. The lowest BCUT2D eigenvalue weighted by atomic mass is 10.1. The summed E-state index contributed by atoms with van der Waals surface area (Å²) in [5, 5.41) is 6.62. The van der Waals surface area contributed by atoms with Crippen molar-refractivity contribution in [2.45, 2.75) is 38.1 Å². The van der Waals surface area contributed by atoms with Crippen LogP contribution in [0.2, 0.25) is 0 Å². The minimum absolute atomic E-state index is 0.710. The Bertz CT molecular complexity index is 463. The predicted molar refractivity (Wildman–Crippen MR) is 96.9 cm³/mol. The second kappa shape index (κ2) is 11.4. The largest absolute Gasteiger partial charge is 0.380 e. The highest BCUT2D eigenvalue weighted by atomic mass is 32.2. The SMILES string of the molecule is CCCCOCCNC(=NC)NCc1ccc(C)cc1SC. The number of unbranched alkanes of at least 4 members (excludes halogenated alkanes) is 1. The average Bonchev–Trinajstić information content (AvgIpc) is 2.54. The van der Waals surface area contributed by atoms with Gasteiger partial charge in [0.2, 0.25) is 0 Å². The highest BCUT2D eigenvalue weighted by molar-refractivity contribution is 7.98. The van der Waals surface area contributed by atoms with Crippen LogP contribution in [0.25, 0.3) is 0 Å². The fourth-order valence-corrected chi connectivity index (χ4v) is 2.69. The lowest BCUT2D eigenvalue weighted by Crippen LogP contribution is -2.38. The molecule has 124 valence electrons. The van der Waals surface area contributed by atoms with Gasteiger partial charge in [-0.15, -0.1) is 11.8 Å². The molecule has 1 rings (SSSR count). The molecular formula is C17H29N3OS. The molecular weight excluding hydrogens is 294 g/mol. The third kappa shape index (κ3) is 7.18. The maximum absolute atomic E-state index is 5.53. The van der Waals surface area contributed by atoms with E-state index in [1.54, 1.807) is 18.8 Å². The van der Waals surface area contributed by atoms with Crippen molar-refractivity contribution >= 4 is 17.7 Å². The molecule has 0 atom stereocenters. The number of nitrogens with one attached hydrogen (secondary N) is 2. The number of hydrogen-bond acceptors (Lipinski definition) is 3. The number of thioether (sulfide) groups is 1. The quantitative estimate of drug-likeness (QED) is 0.317. The van der Waals surface area contributed by atoms with Crippen LogP contribution in [0.15, 0.2) is 28.1 Å². The van der Waals surface area contributed by atoms with E-state index in [9.17, 15) is 0 Å². The first kappa shape index (κ1) is 18.8. The van der Waals surface area contributed by atoms with E-state index in [-0.39, 0.29) is 0 Å². The Labute approximate surface area is 139 Å². The van der Waals surface area contributed by atoms with Crippen molar-refractivity contribution in [3.8, 4) is 0 Å². The highest BCUT2D eigenvalue weighted by Gasteiger charge is 2.03. The van der Waals surface area contributed by atoms with Gasteiger partial charge in [0.15, 0.2) is 5.96 Å². The molecule has 0 bridgehead atoms. The zero-order valence-corrected chi connectivity index (χ0v) is 15.1. The molecule has 0 saturated carbocycles. The van der Waals surface area contributed by atoms with Crippen LogP contribution in [0.1, 0.15) is 30.9 Å². The molecule has 4 nitrogen and oxygen atoms in total. The van der Waals surface area contributed by atoms with Gasteiger partial charge in [-0.05, 0) is 36.8 Å². The number of hydrogen-bond donors (Lipinski definition) is 2. The van der Waals surface area contributed by atoms with Crippen LogP contribution in [0.5, 0.6) is 0 Å². The normalized spacial score (nSPS) is 11.5. The van der Waals surface area contributed by atoms with E-state index in [0.717, 1.165) is 32.1 Å². The van der Waals surface area contributed by atoms with Gasteiger partial charge in [-0.3, -0.25) is 4.99 Å². The zero-order chi connectivity index (χ0) is 16.2.